The molecule has 2 aromatic carbocycles. The van der Waals surface area contributed by atoms with Crippen LogP contribution in [0.5, 0.6) is 17.2 Å². The lowest BCUT2D eigenvalue weighted by atomic mass is 9.94. The maximum Gasteiger partial charge on any atom is 0.295 e. The Balaban J connectivity index is 2.16. The van der Waals surface area contributed by atoms with Crippen molar-refractivity contribution in [3.05, 3.63) is 58.7 Å². The maximum absolute atomic E-state index is 13.2. The van der Waals surface area contributed by atoms with Crippen LogP contribution in [0, 0.1) is 6.92 Å². The first-order valence-electron chi connectivity index (χ1n) is 11.1. The number of amides is 1. The van der Waals surface area contributed by atoms with Crippen LogP contribution in [0.15, 0.2) is 42.0 Å². The lowest BCUT2D eigenvalue weighted by Crippen LogP contribution is -2.31. The van der Waals surface area contributed by atoms with Crippen LogP contribution in [-0.4, -0.2) is 62.8 Å². The standard InChI is InChI=1S/C26H31NO7/c1-6-34-20-11-8-17(15-21(20)33-5)23-22(25(29)26(30)27(23)12-7-13-31-3)24(28)18-9-10-19(32-4)16(2)14-18/h8-11,14-15,23,28H,6-7,12-13H2,1-5H3/b24-22+/t23-/m1/s1. The van der Waals surface area contributed by atoms with Gasteiger partial charge in [-0.2, -0.15) is 0 Å². The minimum absolute atomic E-state index is 0.0261. The highest BCUT2D eigenvalue weighted by atomic mass is 16.5. The molecule has 1 heterocycles. The molecule has 2 aromatic rings. The third-order valence-electron chi connectivity index (χ3n) is 5.76. The monoisotopic (exact) mass is 469 g/mol. The van der Waals surface area contributed by atoms with E-state index in [0.717, 1.165) is 5.56 Å². The van der Waals surface area contributed by atoms with E-state index in [4.69, 9.17) is 18.9 Å². The van der Waals surface area contributed by atoms with Crippen molar-refractivity contribution in [3.63, 3.8) is 0 Å². The molecule has 0 spiro atoms. The van der Waals surface area contributed by atoms with Gasteiger partial charge in [0.1, 0.15) is 11.5 Å². The highest BCUT2D eigenvalue weighted by molar-refractivity contribution is 6.46. The molecule has 3 rings (SSSR count). The predicted octanol–water partition coefficient (Wildman–Crippen LogP) is 3.87. The number of aliphatic hydroxyl groups is 1. The Morgan fingerprint density at radius 1 is 1.00 bits per heavy atom. The van der Waals surface area contributed by atoms with Gasteiger partial charge in [-0.05, 0) is 61.7 Å². The fourth-order valence-electron chi connectivity index (χ4n) is 4.15. The van der Waals surface area contributed by atoms with Gasteiger partial charge in [-0.3, -0.25) is 9.59 Å². The molecular weight excluding hydrogens is 438 g/mol. The number of aryl methyl sites for hydroxylation is 1. The van der Waals surface area contributed by atoms with Crippen LogP contribution in [0.1, 0.15) is 36.1 Å². The van der Waals surface area contributed by atoms with E-state index in [1.165, 1.54) is 12.0 Å². The number of rotatable bonds is 10. The molecule has 182 valence electrons. The number of ketones is 1. The number of nitrogens with zero attached hydrogens (tertiary/aromatic N) is 1. The molecule has 0 radical (unpaired) electrons. The molecule has 1 aliphatic rings. The summed E-state index contributed by atoms with van der Waals surface area (Å²) in [7, 11) is 4.67. The summed E-state index contributed by atoms with van der Waals surface area (Å²) in [5.41, 5.74) is 1.87. The number of likely N-dealkylation sites (tertiary alicyclic amines) is 1. The summed E-state index contributed by atoms with van der Waals surface area (Å²) >= 11 is 0. The highest BCUT2D eigenvalue weighted by Crippen LogP contribution is 2.42. The Labute approximate surface area is 199 Å². The molecule has 0 aliphatic carbocycles. The van der Waals surface area contributed by atoms with Gasteiger partial charge in [0.15, 0.2) is 11.5 Å². The Morgan fingerprint density at radius 3 is 2.32 bits per heavy atom. The van der Waals surface area contributed by atoms with Gasteiger partial charge in [0.2, 0.25) is 0 Å². The Hall–Kier alpha value is -3.52. The number of Topliss-reactive ketones (excluding diaryl/α,β-unsaturated/α-hetero) is 1. The molecule has 1 N–H and O–H groups in total. The quantitative estimate of drug-likeness (QED) is 0.244. The van der Waals surface area contributed by atoms with Gasteiger partial charge < -0.3 is 29.0 Å². The largest absolute Gasteiger partial charge is 0.507 e. The summed E-state index contributed by atoms with van der Waals surface area (Å²) in [6.45, 7) is 4.89. The van der Waals surface area contributed by atoms with Crippen molar-refractivity contribution in [2.45, 2.75) is 26.3 Å². The number of aliphatic hydroxyl groups excluding tert-OH is 1. The van der Waals surface area contributed by atoms with Crippen LogP contribution >= 0.6 is 0 Å². The molecule has 1 atom stereocenters. The van der Waals surface area contributed by atoms with Gasteiger partial charge in [0.05, 0.1) is 32.4 Å². The molecule has 8 heteroatoms. The maximum atomic E-state index is 13.2. The van der Waals surface area contributed by atoms with Crippen molar-refractivity contribution in [1.29, 1.82) is 0 Å². The molecule has 34 heavy (non-hydrogen) atoms. The molecule has 0 bridgehead atoms. The van der Waals surface area contributed by atoms with E-state index in [-0.39, 0.29) is 17.9 Å². The van der Waals surface area contributed by atoms with Gasteiger partial charge in [-0.15, -0.1) is 0 Å². The molecule has 0 aromatic heterocycles. The second-order valence-corrected chi connectivity index (χ2v) is 7.87. The first-order valence-corrected chi connectivity index (χ1v) is 11.1. The van der Waals surface area contributed by atoms with E-state index in [9.17, 15) is 14.7 Å². The zero-order chi connectivity index (χ0) is 24.8. The van der Waals surface area contributed by atoms with Crippen molar-refractivity contribution in [1.82, 2.24) is 4.90 Å². The summed E-state index contributed by atoms with van der Waals surface area (Å²) in [4.78, 5) is 27.7. The lowest BCUT2D eigenvalue weighted by Gasteiger charge is -2.26. The summed E-state index contributed by atoms with van der Waals surface area (Å²) in [6.07, 6.45) is 0.538. The third-order valence-corrected chi connectivity index (χ3v) is 5.76. The number of hydrogen-bond acceptors (Lipinski definition) is 7. The molecule has 1 saturated heterocycles. The van der Waals surface area contributed by atoms with E-state index < -0.39 is 17.7 Å². The van der Waals surface area contributed by atoms with E-state index >= 15 is 0 Å². The van der Waals surface area contributed by atoms with Crippen LogP contribution in [0.2, 0.25) is 0 Å². The number of ether oxygens (including phenoxy) is 4. The average Bonchev–Trinajstić information content (AvgIpc) is 3.09. The minimum Gasteiger partial charge on any atom is -0.507 e. The van der Waals surface area contributed by atoms with Crippen molar-refractivity contribution in [2.75, 3.05) is 41.1 Å². The predicted molar refractivity (Wildman–Crippen MR) is 127 cm³/mol. The highest BCUT2D eigenvalue weighted by Gasteiger charge is 2.46. The van der Waals surface area contributed by atoms with Crippen molar-refractivity contribution < 1.29 is 33.6 Å². The first-order chi connectivity index (χ1) is 16.4. The average molecular weight is 470 g/mol. The topological polar surface area (TPSA) is 94.5 Å². The second-order valence-electron chi connectivity index (χ2n) is 7.87. The number of benzene rings is 2. The van der Waals surface area contributed by atoms with Gasteiger partial charge in [0, 0.05) is 25.8 Å². The molecule has 1 amide bonds. The fourth-order valence-corrected chi connectivity index (χ4v) is 4.15. The minimum atomic E-state index is -0.788. The summed E-state index contributed by atoms with van der Waals surface area (Å²) < 4.78 is 21.5. The second kappa shape index (κ2) is 11.1. The van der Waals surface area contributed by atoms with Crippen LogP contribution in [-0.2, 0) is 14.3 Å². The molecular formula is C26H31NO7. The lowest BCUT2D eigenvalue weighted by molar-refractivity contribution is -0.140. The zero-order valence-corrected chi connectivity index (χ0v) is 20.2. The summed E-state index contributed by atoms with van der Waals surface area (Å²) in [5, 5.41) is 11.2. The summed E-state index contributed by atoms with van der Waals surface area (Å²) in [5.74, 6) is 0.0422. The van der Waals surface area contributed by atoms with Gasteiger partial charge >= 0.3 is 0 Å². The molecule has 0 unspecified atom stereocenters. The van der Waals surface area contributed by atoms with Crippen molar-refractivity contribution in [2.24, 2.45) is 0 Å². The summed E-state index contributed by atoms with van der Waals surface area (Å²) in [6, 6.07) is 9.57. The van der Waals surface area contributed by atoms with Gasteiger partial charge in [-0.25, -0.2) is 0 Å². The molecule has 1 fully saturated rings. The van der Waals surface area contributed by atoms with Crippen molar-refractivity contribution in [3.8, 4) is 17.2 Å². The normalized spacial score (nSPS) is 17.2. The Morgan fingerprint density at radius 2 is 1.71 bits per heavy atom. The van der Waals surface area contributed by atoms with E-state index in [0.29, 0.717) is 48.0 Å². The van der Waals surface area contributed by atoms with E-state index in [1.807, 2.05) is 13.8 Å². The number of methoxy groups -OCH3 is 3. The SMILES string of the molecule is CCOc1ccc([C@@H]2/C(=C(\O)c3ccc(OC)c(C)c3)C(=O)C(=O)N2CCCOC)cc1OC. The van der Waals surface area contributed by atoms with Gasteiger partial charge in [-0.1, -0.05) is 6.07 Å². The fraction of sp³-hybridized carbons (Fsp3) is 0.385. The molecule has 0 saturated carbocycles. The Bertz CT molecular complexity index is 1090. The smallest absolute Gasteiger partial charge is 0.295 e. The molecule has 1 aliphatic heterocycles. The molecule has 8 nitrogen and oxygen atoms in total. The van der Waals surface area contributed by atoms with Crippen LogP contribution in [0.4, 0.5) is 0 Å². The Kier molecular flexibility index (Phi) is 8.17. The number of carbonyl (C=O) groups is 2. The first kappa shape index (κ1) is 25.1. The van der Waals surface area contributed by atoms with Crippen LogP contribution in [0.3, 0.4) is 0 Å². The number of carbonyl (C=O) groups excluding carboxylic acids is 2. The van der Waals surface area contributed by atoms with Gasteiger partial charge in [0.25, 0.3) is 11.7 Å². The third kappa shape index (κ3) is 4.87. The zero-order valence-electron chi connectivity index (χ0n) is 20.2. The van der Waals surface area contributed by atoms with Crippen molar-refractivity contribution >= 4 is 17.4 Å². The number of hydrogen-bond donors (Lipinski definition) is 1. The van der Waals surface area contributed by atoms with E-state index in [2.05, 4.69) is 0 Å². The van der Waals surface area contributed by atoms with Crippen LogP contribution in [0.25, 0.3) is 5.76 Å². The van der Waals surface area contributed by atoms with E-state index in [1.54, 1.807) is 50.6 Å². The van der Waals surface area contributed by atoms with Crippen LogP contribution < -0.4 is 14.2 Å².